The normalized spacial score (nSPS) is 16.5. The molecule has 1 fully saturated rings. The maximum atomic E-state index is 12.5. The number of likely N-dealkylation sites (tertiary alicyclic amines) is 1. The first kappa shape index (κ1) is 16.8. The van der Waals surface area contributed by atoms with Crippen molar-refractivity contribution in [1.82, 2.24) is 4.90 Å². The Morgan fingerprint density at radius 2 is 1.77 bits per heavy atom. The second-order valence-electron chi connectivity index (χ2n) is 5.91. The van der Waals surface area contributed by atoms with Gasteiger partial charge in [0.15, 0.2) is 17.3 Å². The summed E-state index contributed by atoms with van der Waals surface area (Å²) in [5.41, 5.74) is 0.700. The molecule has 1 aliphatic heterocycles. The van der Waals surface area contributed by atoms with Crippen molar-refractivity contribution in [2.24, 2.45) is 5.92 Å². The molecule has 4 nitrogen and oxygen atoms in total. The molecule has 0 unspecified atom stereocenters. The molecule has 1 heterocycles. The van der Waals surface area contributed by atoms with Gasteiger partial charge in [0.1, 0.15) is 0 Å². The summed E-state index contributed by atoms with van der Waals surface area (Å²) in [4.78, 5) is 14.7. The van der Waals surface area contributed by atoms with Crippen LogP contribution in [0.15, 0.2) is 18.2 Å². The Hall–Kier alpha value is -1.55. The van der Waals surface area contributed by atoms with E-state index in [1.165, 1.54) is 12.8 Å². The summed E-state index contributed by atoms with van der Waals surface area (Å²) < 4.78 is 11.1. The molecule has 0 saturated carbocycles. The number of rotatable bonds is 7. The highest BCUT2D eigenvalue weighted by molar-refractivity contribution is 5.98. The SMILES string of the molecule is CCOc1ccc(C(=O)CN2CCC(C)CC2)cc1OCC. The molecule has 1 aromatic carbocycles. The van der Waals surface area contributed by atoms with Crippen LogP contribution in [0.4, 0.5) is 0 Å². The predicted molar refractivity (Wildman–Crippen MR) is 87.9 cm³/mol. The number of Topliss-reactive ketones (excluding diaryl/α,β-unsaturated/α-hetero) is 1. The van der Waals surface area contributed by atoms with E-state index in [9.17, 15) is 4.79 Å². The summed E-state index contributed by atoms with van der Waals surface area (Å²) in [5, 5.41) is 0. The zero-order valence-corrected chi connectivity index (χ0v) is 13.9. The smallest absolute Gasteiger partial charge is 0.176 e. The molecule has 0 radical (unpaired) electrons. The lowest BCUT2D eigenvalue weighted by Gasteiger charge is -2.29. The van der Waals surface area contributed by atoms with Crippen LogP contribution in [-0.2, 0) is 0 Å². The number of hydrogen-bond acceptors (Lipinski definition) is 4. The van der Waals surface area contributed by atoms with Crippen molar-refractivity contribution in [2.45, 2.75) is 33.6 Å². The van der Waals surface area contributed by atoms with Crippen LogP contribution in [-0.4, -0.2) is 43.5 Å². The molecular weight excluding hydrogens is 278 g/mol. The minimum atomic E-state index is 0.151. The van der Waals surface area contributed by atoms with Crippen LogP contribution in [0, 0.1) is 5.92 Å². The maximum Gasteiger partial charge on any atom is 0.176 e. The highest BCUT2D eigenvalue weighted by Gasteiger charge is 2.19. The van der Waals surface area contributed by atoms with Crippen LogP contribution in [0.1, 0.15) is 44.0 Å². The zero-order valence-electron chi connectivity index (χ0n) is 13.9. The van der Waals surface area contributed by atoms with E-state index < -0.39 is 0 Å². The number of hydrogen-bond donors (Lipinski definition) is 0. The van der Waals surface area contributed by atoms with Gasteiger partial charge in [-0.25, -0.2) is 0 Å². The summed E-state index contributed by atoms with van der Waals surface area (Å²) in [6.45, 7) is 9.81. The van der Waals surface area contributed by atoms with Crippen molar-refractivity contribution < 1.29 is 14.3 Å². The molecule has 0 N–H and O–H groups in total. The molecular formula is C18H27NO3. The average Bonchev–Trinajstić information content (AvgIpc) is 2.51. The average molecular weight is 305 g/mol. The van der Waals surface area contributed by atoms with Gasteiger partial charge in [0.2, 0.25) is 0 Å². The third-order valence-corrected chi connectivity index (χ3v) is 4.11. The second-order valence-corrected chi connectivity index (χ2v) is 5.91. The molecule has 0 aliphatic carbocycles. The Kier molecular flexibility index (Phi) is 6.25. The van der Waals surface area contributed by atoms with Crippen molar-refractivity contribution in [3.05, 3.63) is 23.8 Å². The van der Waals surface area contributed by atoms with Gasteiger partial charge in [-0.1, -0.05) is 6.92 Å². The lowest BCUT2D eigenvalue weighted by molar-refractivity contribution is 0.0899. The molecule has 0 spiro atoms. The fourth-order valence-corrected chi connectivity index (χ4v) is 2.74. The van der Waals surface area contributed by atoms with Gasteiger partial charge >= 0.3 is 0 Å². The van der Waals surface area contributed by atoms with Crippen molar-refractivity contribution in [2.75, 3.05) is 32.8 Å². The fourth-order valence-electron chi connectivity index (χ4n) is 2.74. The lowest BCUT2D eigenvalue weighted by atomic mass is 9.98. The van der Waals surface area contributed by atoms with E-state index in [1.807, 2.05) is 32.0 Å². The summed E-state index contributed by atoms with van der Waals surface area (Å²) in [7, 11) is 0. The molecule has 1 aliphatic rings. The third-order valence-electron chi connectivity index (χ3n) is 4.11. The van der Waals surface area contributed by atoms with E-state index in [2.05, 4.69) is 11.8 Å². The van der Waals surface area contributed by atoms with Gasteiger partial charge in [-0.2, -0.15) is 0 Å². The van der Waals surface area contributed by atoms with E-state index in [-0.39, 0.29) is 5.78 Å². The van der Waals surface area contributed by atoms with E-state index in [4.69, 9.17) is 9.47 Å². The minimum Gasteiger partial charge on any atom is -0.490 e. The number of carbonyl (C=O) groups is 1. The molecule has 1 saturated heterocycles. The lowest BCUT2D eigenvalue weighted by Crippen LogP contribution is -2.36. The van der Waals surface area contributed by atoms with Crippen LogP contribution >= 0.6 is 0 Å². The molecule has 0 atom stereocenters. The van der Waals surface area contributed by atoms with E-state index >= 15 is 0 Å². The van der Waals surface area contributed by atoms with Crippen molar-refractivity contribution in [3.63, 3.8) is 0 Å². The molecule has 2 rings (SSSR count). The molecule has 4 heteroatoms. The van der Waals surface area contributed by atoms with Crippen molar-refractivity contribution in [1.29, 1.82) is 0 Å². The third kappa shape index (κ3) is 4.47. The van der Waals surface area contributed by atoms with Gasteiger partial charge in [0.05, 0.1) is 19.8 Å². The molecule has 22 heavy (non-hydrogen) atoms. The van der Waals surface area contributed by atoms with E-state index in [0.717, 1.165) is 19.0 Å². The monoisotopic (exact) mass is 305 g/mol. The van der Waals surface area contributed by atoms with Crippen LogP contribution < -0.4 is 9.47 Å². The minimum absolute atomic E-state index is 0.151. The predicted octanol–water partition coefficient (Wildman–Crippen LogP) is 3.40. The van der Waals surface area contributed by atoms with Crippen molar-refractivity contribution >= 4 is 5.78 Å². The largest absolute Gasteiger partial charge is 0.490 e. The number of ether oxygens (including phenoxy) is 2. The van der Waals surface area contributed by atoms with Crippen LogP contribution in [0.25, 0.3) is 0 Å². The molecule has 1 aromatic rings. The number of nitrogens with zero attached hydrogens (tertiary/aromatic N) is 1. The fraction of sp³-hybridized carbons (Fsp3) is 0.611. The number of ketones is 1. The van der Waals surface area contributed by atoms with Gasteiger partial charge in [0, 0.05) is 5.56 Å². The van der Waals surface area contributed by atoms with Gasteiger partial charge in [-0.3, -0.25) is 9.69 Å². The maximum absolute atomic E-state index is 12.5. The number of piperidine rings is 1. The summed E-state index contributed by atoms with van der Waals surface area (Å²) in [6, 6.07) is 5.48. The van der Waals surface area contributed by atoms with Crippen LogP contribution in [0.3, 0.4) is 0 Å². The first-order chi connectivity index (χ1) is 10.6. The van der Waals surface area contributed by atoms with Gasteiger partial charge in [-0.05, 0) is 63.9 Å². The van der Waals surface area contributed by atoms with Gasteiger partial charge in [0.25, 0.3) is 0 Å². The van der Waals surface area contributed by atoms with E-state index in [1.54, 1.807) is 0 Å². The Morgan fingerprint density at radius 3 is 2.41 bits per heavy atom. The van der Waals surface area contributed by atoms with Crippen LogP contribution in [0.2, 0.25) is 0 Å². The first-order valence-electron chi connectivity index (χ1n) is 8.29. The Bertz CT molecular complexity index is 493. The Labute approximate surface area is 133 Å². The molecule has 122 valence electrons. The van der Waals surface area contributed by atoms with Crippen molar-refractivity contribution in [3.8, 4) is 11.5 Å². The number of benzene rings is 1. The van der Waals surface area contributed by atoms with Gasteiger partial charge in [-0.15, -0.1) is 0 Å². The second kappa shape index (κ2) is 8.18. The summed E-state index contributed by atoms with van der Waals surface area (Å²) in [5.74, 6) is 2.29. The first-order valence-corrected chi connectivity index (χ1v) is 8.29. The summed E-state index contributed by atoms with van der Waals surface area (Å²) in [6.07, 6.45) is 2.36. The molecule has 0 bridgehead atoms. The topological polar surface area (TPSA) is 38.8 Å². The molecule has 0 amide bonds. The standard InChI is InChI=1S/C18H27NO3/c1-4-21-17-7-6-15(12-18(17)22-5-2)16(20)13-19-10-8-14(3)9-11-19/h6-7,12,14H,4-5,8-11,13H2,1-3H3. The van der Waals surface area contributed by atoms with Crippen LogP contribution in [0.5, 0.6) is 11.5 Å². The van der Waals surface area contributed by atoms with E-state index in [0.29, 0.717) is 36.8 Å². The Morgan fingerprint density at radius 1 is 1.14 bits per heavy atom. The highest BCUT2D eigenvalue weighted by atomic mass is 16.5. The summed E-state index contributed by atoms with van der Waals surface area (Å²) >= 11 is 0. The zero-order chi connectivity index (χ0) is 15.9. The van der Waals surface area contributed by atoms with Gasteiger partial charge < -0.3 is 9.47 Å². The molecule has 0 aromatic heterocycles. The number of carbonyl (C=O) groups excluding carboxylic acids is 1. The quantitative estimate of drug-likeness (QED) is 0.724. The Balaban J connectivity index is 2.04. The highest BCUT2D eigenvalue weighted by Crippen LogP contribution is 2.29.